The first-order valence-electron chi connectivity index (χ1n) is 6.66. The summed E-state index contributed by atoms with van der Waals surface area (Å²) < 4.78 is 0. The molecule has 0 fully saturated rings. The van der Waals surface area contributed by atoms with Gasteiger partial charge in [0, 0.05) is 18.7 Å². The second kappa shape index (κ2) is 8.68. The molecule has 0 heterocycles. The van der Waals surface area contributed by atoms with Crippen LogP contribution in [0.15, 0.2) is 24.3 Å². The molecule has 0 aromatic heterocycles. The van der Waals surface area contributed by atoms with Gasteiger partial charge in [-0.1, -0.05) is 24.4 Å². The van der Waals surface area contributed by atoms with E-state index in [4.69, 9.17) is 28.2 Å². The lowest BCUT2D eigenvalue weighted by molar-refractivity contribution is -0.121. The van der Waals surface area contributed by atoms with E-state index in [9.17, 15) is 4.79 Å². The molecule has 7 heteroatoms. The average Bonchev–Trinajstić information content (AvgIpc) is 2.46. The fourth-order valence-electron chi connectivity index (χ4n) is 1.97. The first-order valence-corrected chi connectivity index (χ1v) is 7.07. The second-order valence-corrected chi connectivity index (χ2v) is 5.00. The Kier molecular flexibility index (Phi) is 7.24. The summed E-state index contributed by atoms with van der Waals surface area (Å²) in [5.41, 5.74) is 6.78. The maximum absolute atomic E-state index is 12.3. The number of amides is 1. The number of benzene rings is 1. The first kappa shape index (κ1) is 17.5. The Morgan fingerprint density at radius 1 is 1.33 bits per heavy atom. The maximum atomic E-state index is 12.3. The van der Waals surface area contributed by atoms with Crippen LogP contribution in [0.2, 0.25) is 0 Å². The van der Waals surface area contributed by atoms with Gasteiger partial charge in [0.15, 0.2) is 0 Å². The lowest BCUT2D eigenvalue weighted by Gasteiger charge is -2.27. The number of thiocarbonyl (C=S) groups is 1. The van der Waals surface area contributed by atoms with E-state index < -0.39 is 6.04 Å². The highest BCUT2D eigenvalue weighted by atomic mass is 32.1. The summed E-state index contributed by atoms with van der Waals surface area (Å²) in [6.45, 7) is 2.17. The molecule has 0 saturated heterocycles. The van der Waals surface area contributed by atoms with Crippen LogP contribution in [0.4, 0.5) is 5.69 Å². The lowest BCUT2D eigenvalue weighted by Crippen LogP contribution is -2.44. The Morgan fingerprint density at radius 3 is 2.43 bits per heavy atom. The van der Waals surface area contributed by atoms with Gasteiger partial charge in [0.05, 0.1) is 24.9 Å². The predicted molar refractivity (Wildman–Crippen MR) is 86.2 cm³/mol. The van der Waals surface area contributed by atoms with Crippen LogP contribution in [0.1, 0.15) is 12.5 Å². The van der Waals surface area contributed by atoms with E-state index in [-0.39, 0.29) is 24.1 Å². The fraction of sp³-hybridized carbons (Fsp3) is 0.429. The van der Waals surface area contributed by atoms with E-state index in [1.54, 1.807) is 36.1 Å². The van der Waals surface area contributed by atoms with Crippen LogP contribution in [0.5, 0.6) is 0 Å². The van der Waals surface area contributed by atoms with Crippen LogP contribution >= 0.6 is 12.2 Å². The molecule has 0 aliphatic carbocycles. The normalized spacial score (nSPS) is 12.2. The Bertz CT molecular complexity index is 490. The Labute approximate surface area is 129 Å². The van der Waals surface area contributed by atoms with Crippen LogP contribution in [-0.2, 0) is 4.79 Å². The summed E-state index contributed by atoms with van der Waals surface area (Å²) in [6, 6.07) is 6.53. The summed E-state index contributed by atoms with van der Waals surface area (Å²) in [5, 5.41) is 20.8. The molecule has 1 aromatic rings. The van der Waals surface area contributed by atoms with E-state index in [2.05, 4.69) is 5.32 Å². The van der Waals surface area contributed by atoms with Gasteiger partial charge in [-0.15, -0.1) is 0 Å². The molecule has 21 heavy (non-hydrogen) atoms. The van der Waals surface area contributed by atoms with Gasteiger partial charge in [0.25, 0.3) is 0 Å². The van der Waals surface area contributed by atoms with Crippen molar-refractivity contribution in [1.29, 1.82) is 0 Å². The van der Waals surface area contributed by atoms with Crippen molar-refractivity contribution in [3.8, 4) is 0 Å². The zero-order valence-corrected chi connectivity index (χ0v) is 12.8. The summed E-state index contributed by atoms with van der Waals surface area (Å²) >= 11 is 4.95. The number of anilines is 1. The van der Waals surface area contributed by atoms with Crippen molar-refractivity contribution in [2.45, 2.75) is 13.0 Å². The zero-order chi connectivity index (χ0) is 15.8. The standard InChI is InChI=1S/C14H21N3O3S/c1-10(17(6-8-18)7-9-19)14(20)16-12-5-3-2-4-11(12)13(15)21/h2-5,10,18-19H,6-9H2,1H3,(H2,15,21)(H,16,20). The Morgan fingerprint density at radius 2 is 1.90 bits per heavy atom. The molecule has 5 N–H and O–H groups in total. The number of nitrogens with one attached hydrogen (secondary N) is 1. The number of carbonyl (C=O) groups is 1. The van der Waals surface area contributed by atoms with Crippen LogP contribution in [-0.4, -0.2) is 58.4 Å². The average molecular weight is 311 g/mol. The van der Waals surface area contributed by atoms with Crippen LogP contribution in [0.25, 0.3) is 0 Å². The lowest BCUT2D eigenvalue weighted by atomic mass is 10.1. The van der Waals surface area contributed by atoms with Gasteiger partial charge in [-0.05, 0) is 19.1 Å². The van der Waals surface area contributed by atoms with Crippen molar-refractivity contribution in [2.75, 3.05) is 31.6 Å². The molecule has 1 atom stereocenters. The third-order valence-corrected chi connectivity index (χ3v) is 3.37. The van der Waals surface area contributed by atoms with Crippen molar-refractivity contribution in [3.63, 3.8) is 0 Å². The number of rotatable bonds is 8. The van der Waals surface area contributed by atoms with Gasteiger partial charge in [0.2, 0.25) is 5.91 Å². The van der Waals surface area contributed by atoms with Crippen molar-refractivity contribution in [1.82, 2.24) is 4.90 Å². The van der Waals surface area contributed by atoms with E-state index in [1.165, 1.54) is 0 Å². The van der Waals surface area contributed by atoms with Gasteiger partial charge in [-0.3, -0.25) is 9.69 Å². The molecule has 1 aromatic carbocycles. The number of nitrogens with two attached hydrogens (primary N) is 1. The van der Waals surface area contributed by atoms with Crippen molar-refractivity contribution < 1.29 is 15.0 Å². The maximum Gasteiger partial charge on any atom is 0.241 e. The molecule has 0 aliphatic rings. The molecule has 6 nitrogen and oxygen atoms in total. The molecular weight excluding hydrogens is 290 g/mol. The molecule has 1 amide bonds. The van der Waals surface area contributed by atoms with E-state index in [0.717, 1.165) is 0 Å². The number of para-hydroxylation sites is 1. The first-order chi connectivity index (χ1) is 10.0. The highest BCUT2D eigenvalue weighted by Crippen LogP contribution is 2.15. The number of carbonyl (C=O) groups excluding carboxylic acids is 1. The summed E-state index contributed by atoms with van der Waals surface area (Å²) in [4.78, 5) is 14.2. The molecule has 0 aliphatic heterocycles. The van der Waals surface area contributed by atoms with Crippen LogP contribution < -0.4 is 11.1 Å². The third-order valence-electron chi connectivity index (χ3n) is 3.15. The number of hydrogen-bond donors (Lipinski definition) is 4. The fourth-order valence-corrected chi connectivity index (χ4v) is 2.14. The van der Waals surface area contributed by atoms with Crippen LogP contribution in [0, 0.1) is 0 Å². The molecule has 1 rings (SSSR count). The van der Waals surface area contributed by atoms with Gasteiger partial charge in [-0.2, -0.15) is 0 Å². The minimum Gasteiger partial charge on any atom is -0.395 e. The quantitative estimate of drug-likeness (QED) is 0.502. The minimum absolute atomic E-state index is 0.0822. The number of aliphatic hydroxyl groups excluding tert-OH is 2. The number of hydrogen-bond acceptors (Lipinski definition) is 5. The number of nitrogens with zero attached hydrogens (tertiary/aromatic N) is 1. The smallest absolute Gasteiger partial charge is 0.241 e. The molecule has 116 valence electrons. The largest absolute Gasteiger partial charge is 0.395 e. The number of aliphatic hydroxyl groups is 2. The van der Waals surface area contributed by atoms with Crippen molar-refractivity contribution in [2.24, 2.45) is 5.73 Å². The summed E-state index contributed by atoms with van der Waals surface area (Å²) in [7, 11) is 0. The second-order valence-electron chi connectivity index (χ2n) is 4.56. The van der Waals surface area contributed by atoms with E-state index in [1.807, 2.05) is 0 Å². The van der Waals surface area contributed by atoms with Gasteiger partial charge < -0.3 is 21.3 Å². The predicted octanol–water partition coefficient (Wildman–Crippen LogP) is -0.0656. The van der Waals surface area contributed by atoms with Crippen LogP contribution in [0.3, 0.4) is 0 Å². The topological polar surface area (TPSA) is 98.8 Å². The Hall–Kier alpha value is -1.54. The van der Waals surface area contributed by atoms with E-state index >= 15 is 0 Å². The molecule has 0 radical (unpaired) electrons. The highest BCUT2D eigenvalue weighted by Gasteiger charge is 2.21. The molecule has 0 spiro atoms. The van der Waals surface area contributed by atoms with Gasteiger partial charge in [-0.25, -0.2) is 0 Å². The van der Waals surface area contributed by atoms with Gasteiger partial charge in [0.1, 0.15) is 4.99 Å². The SMILES string of the molecule is CC(C(=O)Nc1ccccc1C(N)=S)N(CCO)CCO. The molecule has 0 saturated carbocycles. The third kappa shape index (κ3) is 5.05. The molecule has 0 bridgehead atoms. The Balaban J connectivity index is 2.82. The van der Waals surface area contributed by atoms with Gasteiger partial charge >= 0.3 is 0 Å². The summed E-state index contributed by atoms with van der Waals surface area (Å²) in [5.74, 6) is -0.249. The molecular formula is C14H21N3O3S. The van der Waals surface area contributed by atoms with E-state index in [0.29, 0.717) is 24.3 Å². The van der Waals surface area contributed by atoms with Crippen molar-refractivity contribution >= 4 is 28.8 Å². The minimum atomic E-state index is -0.497. The monoisotopic (exact) mass is 311 g/mol. The molecule has 1 unspecified atom stereocenters. The highest BCUT2D eigenvalue weighted by molar-refractivity contribution is 7.80. The zero-order valence-electron chi connectivity index (χ0n) is 12.0. The van der Waals surface area contributed by atoms with Crippen molar-refractivity contribution in [3.05, 3.63) is 29.8 Å². The summed E-state index contributed by atoms with van der Waals surface area (Å²) in [6.07, 6.45) is 0.